The summed E-state index contributed by atoms with van der Waals surface area (Å²) >= 11 is 0. The predicted molar refractivity (Wildman–Crippen MR) is 11.3 cm³/mol. The van der Waals surface area contributed by atoms with E-state index in [1.807, 2.05) is 0 Å². The molecule has 0 heterocycles. The minimum atomic E-state index is 0. The van der Waals surface area contributed by atoms with E-state index in [1.165, 1.54) is 0 Å². The van der Waals surface area contributed by atoms with Crippen LogP contribution in [-0.2, 0) is 19.5 Å². The molecule has 0 aliphatic rings. The molecule has 0 aliphatic heterocycles. The predicted octanol–water partition coefficient (Wildman–Crippen LogP) is -8.19. The van der Waals surface area contributed by atoms with E-state index in [9.17, 15) is 0 Å². The molecule has 0 fully saturated rings. The van der Waals surface area contributed by atoms with Gasteiger partial charge in [-0.25, -0.2) is 0 Å². The van der Waals surface area contributed by atoms with Crippen LogP contribution in [0.25, 0.3) is 0 Å². The molecular formula is C2H4Cl3Rh. The minimum absolute atomic E-state index is 0. The van der Waals surface area contributed by atoms with E-state index in [-0.39, 0.29) is 56.7 Å². The van der Waals surface area contributed by atoms with E-state index in [0.29, 0.717) is 0 Å². The fourth-order valence-corrected chi connectivity index (χ4v) is 0. The SMILES string of the molecule is C=C.[Cl-].[Cl-].[Cl-].[Rh+3]. The zero-order valence-electron chi connectivity index (χ0n) is 2.88. The number of rotatable bonds is 0. The average molecular weight is 237 g/mol. The van der Waals surface area contributed by atoms with Crippen LogP contribution in [0, 0.1) is 0 Å². The summed E-state index contributed by atoms with van der Waals surface area (Å²) in [6.45, 7) is 6.00. The largest absolute Gasteiger partial charge is 3.00 e. The maximum Gasteiger partial charge on any atom is 3.00 e. The van der Waals surface area contributed by atoms with Gasteiger partial charge in [-0.05, 0) is 0 Å². The van der Waals surface area contributed by atoms with Gasteiger partial charge < -0.3 is 37.2 Å². The Bertz CT molecular complexity index is 8.75. The maximum atomic E-state index is 3.00. The third kappa shape index (κ3) is 61.7. The number of halogens is 3. The van der Waals surface area contributed by atoms with E-state index in [4.69, 9.17) is 0 Å². The zero-order chi connectivity index (χ0) is 2.00. The van der Waals surface area contributed by atoms with Crippen molar-refractivity contribution in [2.24, 2.45) is 0 Å². The Morgan fingerprint density at radius 2 is 0.667 bits per heavy atom. The Labute approximate surface area is 69.8 Å². The minimum Gasteiger partial charge on any atom is -1.00 e. The van der Waals surface area contributed by atoms with E-state index in [0.717, 1.165) is 0 Å². The van der Waals surface area contributed by atoms with Crippen LogP contribution in [0.3, 0.4) is 0 Å². The summed E-state index contributed by atoms with van der Waals surface area (Å²) in [6, 6.07) is 0. The molecule has 0 nitrogen and oxygen atoms in total. The van der Waals surface area contributed by atoms with Crippen LogP contribution in [0.5, 0.6) is 0 Å². The second-order valence-corrected chi connectivity index (χ2v) is 0. The topological polar surface area (TPSA) is 0 Å². The Morgan fingerprint density at radius 1 is 0.667 bits per heavy atom. The average Bonchev–Trinajstić information content (AvgIpc) is 1.00. The van der Waals surface area contributed by atoms with Gasteiger partial charge in [0.1, 0.15) is 0 Å². The molecule has 6 heavy (non-hydrogen) atoms. The van der Waals surface area contributed by atoms with Crippen molar-refractivity contribution in [3.63, 3.8) is 0 Å². The van der Waals surface area contributed by atoms with E-state index >= 15 is 0 Å². The molecule has 0 rings (SSSR count). The van der Waals surface area contributed by atoms with Gasteiger partial charge >= 0.3 is 19.5 Å². The van der Waals surface area contributed by atoms with Crippen LogP contribution in [0.1, 0.15) is 0 Å². The van der Waals surface area contributed by atoms with Gasteiger partial charge in [0, 0.05) is 0 Å². The molecule has 0 bridgehead atoms. The summed E-state index contributed by atoms with van der Waals surface area (Å²) in [5.74, 6) is 0. The Morgan fingerprint density at radius 3 is 0.667 bits per heavy atom. The first-order valence-corrected chi connectivity index (χ1v) is 0.500. The molecule has 0 radical (unpaired) electrons. The van der Waals surface area contributed by atoms with Crippen molar-refractivity contribution in [1.29, 1.82) is 0 Å². The van der Waals surface area contributed by atoms with Crippen molar-refractivity contribution in [2.75, 3.05) is 0 Å². The Balaban J connectivity index is -0.000000000833. The maximum absolute atomic E-state index is 3.00. The van der Waals surface area contributed by atoms with E-state index in [2.05, 4.69) is 13.2 Å². The third-order valence-electron chi connectivity index (χ3n) is 0. The van der Waals surface area contributed by atoms with Crippen LogP contribution in [0.15, 0.2) is 13.2 Å². The summed E-state index contributed by atoms with van der Waals surface area (Å²) in [4.78, 5) is 0. The second-order valence-electron chi connectivity index (χ2n) is 0. The van der Waals surface area contributed by atoms with Gasteiger partial charge in [-0.2, -0.15) is 0 Å². The van der Waals surface area contributed by atoms with Crippen molar-refractivity contribution in [1.82, 2.24) is 0 Å². The van der Waals surface area contributed by atoms with Crippen molar-refractivity contribution in [3.05, 3.63) is 13.2 Å². The first-order chi connectivity index (χ1) is 1.00. The van der Waals surface area contributed by atoms with Gasteiger partial charge in [0.25, 0.3) is 0 Å². The smallest absolute Gasteiger partial charge is 1.00 e. The second kappa shape index (κ2) is 112. The quantitative estimate of drug-likeness (QED) is 0.290. The molecule has 4 heteroatoms. The molecule has 0 atom stereocenters. The fraction of sp³-hybridized carbons (Fsp3) is 0. The van der Waals surface area contributed by atoms with Gasteiger partial charge in [0.15, 0.2) is 0 Å². The molecule has 0 amide bonds. The number of hydrogen-bond acceptors (Lipinski definition) is 0. The molecule has 0 aromatic heterocycles. The van der Waals surface area contributed by atoms with Crippen LogP contribution >= 0.6 is 0 Å². The van der Waals surface area contributed by atoms with Gasteiger partial charge in [-0.3, -0.25) is 0 Å². The fourth-order valence-electron chi connectivity index (χ4n) is 0. The molecule has 0 aromatic carbocycles. The molecule has 0 aliphatic carbocycles. The molecule has 0 saturated heterocycles. The van der Waals surface area contributed by atoms with Gasteiger partial charge in [-0.15, -0.1) is 13.2 Å². The van der Waals surface area contributed by atoms with E-state index < -0.39 is 0 Å². The standard InChI is InChI=1S/C2H4.3ClH.Rh/c1-2;;;;/h1-2H2;3*1H;/q;;;;+3/p-3. The normalized spacial score (nSPS) is 0.667. The Kier molecular flexibility index (Phi) is 1050. The van der Waals surface area contributed by atoms with Gasteiger partial charge in [0.05, 0.1) is 0 Å². The first kappa shape index (κ1) is 56.3. The van der Waals surface area contributed by atoms with Crippen LogP contribution < -0.4 is 37.2 Å². The van der Waals surface area contributed by atoms with Crippen molar-refractivity contribution in [3.8, 4) is 0 Å². The zero-order valence-corrected chi connectivity index (χ0v) is 6.79. The van der Waals surface area contributed by atoms with E-state index in [1.54, 1.807) is 0 Å². The molecular weight excluding hydrogens is 233 g/mol. The van der Waals surface area contributed by atoms with Crippen LogP contribution in [-0.4, -0.2) is 0 Å². The number of hydrogen-bond donors (Lipinski definition) is 0. The van der Waals surface area contributed by atoms with Gasteiger partial charge in [0.2, 0.25) is 0 Å². The van der Waals surface area contributed by atoms with Crippen LogP contribution in [0.4, 0.5) is 0 Å². The monoisotopic (exact) mass is 236 g/mol. The summed E-state index contributed by atoms with van der Waals surface area (Å²) in [5, 5.41) is 0. The van der Waals surface area contributed by atoms with Crippen molar-refractivity contribution < 1.29 is 56.7 Å². The molecule has 0 saturated carbocycles. The van der Waals surface area contributed by atoms with Crippen LogP contribution in [0.2, 0.25) is 0 Å². The molecule has 42 valence electrons. The summed E-state index contributed by atoms with van der Waals surface area (Å²) in [7, 11) is 0. The summed E-state index contributed by atoms with van der Waals surface area (Å²) < 4.78 is 0. The molecule has 0 unspecified atom stereocenters. The molecule has 0 spiro atoms. The molecule has 0 aromatic rings. The van der Waals surface area contributed by atoms with Crippen molar-refractivity contribution in [2.45, 2.75) is 0 Å². The summed E-state index contributed by atoms with van der Waals surface area (Å²) in [6.07, 6.45) is 0. The summed E-state index contributed by atoms with van der Waals surface area (Å²) in [5.41, 5.74) is 0. The first-order valence-electron chi connectivity index (χ1n) is 0.500. The van der Waals surface area contributed by atoms with Gasteiger partial charge in [-0.1, -0.05) is 0 Å². The Hall–Kier alpha value is 1.23. The molecule has 0 N–H and O–H groups in total. The third-order valence-corrected chi connectivity index (χ3v) is 0. The van der Waals surface area contributed by atoms with Crippen molar-refractivity contribution >= 4 is 0 Å².